The summed E-state index contributed by atoms with van der Waals surface area (Å²) in [6, 6.07) is 6.37. The van der Waals surface area contributed by atoms with Gasteiger partial charge in [0.15, 0.2) is 0 Å². The standard InChI is InChI=1S/C14H20N2O/c1-11-3-2-4-13-14(11)12(10-17-13)9-16-7-5-15-6-8-16/h2-4,12,15H,5-10H2,1H3. The van der Waals surface area contributed by atoms with Crippen LogP contribution in [0, 0.1) is 6.92 Å². The van der Waals surface area contributed by atoms with E-state index in [0.29, 0.717) is 5.92 Å². The van der Waals surface area contributed by atoms with Crippen molar-refractivity contribution in [3.63, 3.8) is 0 Å². The van der Waals surface area contributed by atoms with Gasteiger partial charge < -0.3 is 15.0 Å². The predicted molar refractivity (Wildman–Crippen MR) is 68.7 cm³/mol. The molecule has 1 aromatic rings. The van der Waals surface area contributed by atoms with Gasteiger partial charge in [0.25, 0.3) is 0 Å². The zero-order valence-electron chi connectivity index (χ0n) is 10.4. The van der Waals surface area contributed by atoms with Crippen LogP contribution >= 0.6 is 0 Å². The van der Waals surface area contributed by atoms with Crippen molar-refractivity contribution in [1.29, 1.82) is 0 Å². The van der Waals surface area contributed by atoms with E-state index in [1.807, 2.05) is 0 Å². The first-order valence-corrected chi connectivity index (χ1v) is 6.50. The number of hydrogen-bond acceptors (Lipinski definition) is 3. The number of piperazine rings is 1. The number of fused-ring (bicyclic) bond motifs is 1. The van der Waals surface area contributed by atoms with Gasteiger partial charge in [0.05, 0.1) is 6.61 Å². The minimum Gasteiger partial charge on any atom is -0.493 e. The highest BCUT2D eigenvalue weighted by Crippen LogP contribution is 2.36. The van der Waals surface area contributed by atoms with Crippen LogP contribution in [0.5, 0.6) is 5.75 Å². The number of ether oxygens (including phenoxy) is 1. The number of rotatable bonds is 2. The molecule has 0 aromatic heterocycles. The topological polar surface area (TPSA) is 24.5 Å². The molecule has 2 aliphatic rings. The van der Waals surface area contributed by atoms with E-state index in [1.54, 1.807) is 0 Å². The molecule has 2 aliphatic heterocycles. The summed E-state index contributed by atoms with van der Waals surface area (Å²) in [5.74, 6) is 1.66. The van der Waals surface area contributed by atoms with Gasteiger partial charge in [-0.15, -0.1) is 0 Å². The number of nitrogens with zero attached hydrogens (tertiary/aromatic N) is 1. The average molecular weight is 232 g/mol. The molecule has 2 heterocycles. The molecule has 3 nitrogen and oxygen atoms in total. The lowest BCUT2D eigenvalue weighted by molar-refractivity contribution is 0.211. The number of aryl methyl sites for hydroxylation is 1. The van der Waals surface area contributed by atoms with Gasteiger partial charge >= 0.3 is 0 Å². The maximum Gasteiger partial charge on any atom is 0.123 e. The Labute approximate surface area is 103 Å². The van der Waals surface area contributed by atoms with E-state index in [0.717, 1.165) is 45.1 Å². The first kappa shape index (κ1) is 11.1. The van der Waals surface area contributed by atoms with Gasteiger partial charge in [-0.2, -0.15) is 0 Å². The largest absolute Gasteiger partial charge is 0.493 e. The first-order valence-electron chi connectivity index (χ1n) is 6.50. The molecule has 0 aliphatic carbocycles. The van der Waals surface area contributed by atoms with Gasteiger partial charge in [0.2, 0.25) is 0 Å². The van der Waals surface area contributed by atoms with Crippen LogP contribution in [0.2, 0.25) is 0 Å². The van der Waals surface area contributed by atoms with Crippen molar-refractivity contribution in [3.05, 3.63) is 29.3 Å². The molecular formula is C14H20N2O. The Kier molecular flexibility index (Phi) is 3.04. The molecule has 0 bridgehead atoms. The Balaban J connectivity index is 1.74. The Hall–Kier alpha value is -1.06. The fourth-order valence-corrected chi connectivity index (χ4v) is 2.93. The van der Waals surface area contributed by atoms with Crippen LogP contribution in [-0.4, -0.2) is 44.2 Å². The molecule has 0 spiro atoms. The Morgan fingerprint density at radius 3 is 3.00 bits per heavy atom. The maximum absolute atomic E-state index is 5.79. The monoisotopic (exact) mass is 232 g/mol. The Morgan fingerprint density at radius 2 is 2.18 bits per heavy atom. The second-order valence-corrected chi connectivity index (χ2v) is 5.05. The minimum atomic E-state index is 0.560. The highest BCUT2D eigenvalue weighted by Gasteiger charge is 2.27. The van der Waals surface area contributed by atoms with Gasteiger partial charge in [-0.3, -0.25) is 0 Å². The molecular weight excluding hydrogens is 212 g/mol. The van der Waals surface area contributed by atoms with E-state index < -0.39 is 0 Å². The fraction of sp³-hybridized carbons (Fsp3) is 0.571. The van der Waals surface area contributed by atoms with Crippen molar-refractivity contribution in [1.82, 2.24) is 10.2 Å². The highest BCUT2D eigenvalue weighted by molar-refractivity contribution is 5.45. The summed E-state index contributed by atoms with van der Waals surface area (Å²) in [5, 5.41) is 3.40. The summed E-state index contributed by atoms with van der Waals surface area (Å²) in [6.45, 7) is 8.75. The smallest absolute Gasteiger partial charge is 0.123 e. The lowest BCUT2D eigenvalue weighted by atomic mass is 9.96. The van der Waals surface area contributed by atoms with E-state index in [9.17, 15) is 0 Å². The number of nitrogens with one attached hydrogen (secondary N) is 1. The van der Waals surface area contributed by atoms with Crippen molar-refractivity contribution < 1.29 is 4.74 Å². The van der Waals surface area contributed by atoms with Gasteiger partial charge in [-0.1, -0.05) is 12.1 Å². The van der Waals surface area contributed by atoms with Gasteiger partial charge in [0, 0.05) is 44.2 Å². The van der Waals surface area contributed by atoms with Crippen molar-refractivity contribution in [3.8, 4) is 5.75 Å². The summed E-state index contributed by atoms with van der Waals surface area (Å²) in [5.41, 5.74) is 2.81. The molecule has 17 heavy (non-hydrogen) atoms. The second kappa shape index (κ2) is 4.67. The quantitative estimate of drug-likeness (QED) is 0.833. The van der Waals surface area contributed by atoms with Crippen LogP contribution < -0.4 is 10.1 Å². The van der Waals surface area contributed by atoms with Crippen LogP contribution in [0.25, 0.3) is 0 Å². The van der Waals surface area contributed by atoms with E-state index in [4.69, 9.17) is 4.74 Å². The molecule has 92 valence electrons. The molecule has 1 aromatic carbocycles. The fourth-order valence-electron chi connectivity index (χ4n) is 2.93. The van der Waals surface area contributed by atoms with E-state index >= 15 is 0 Å². The molecule has 1 atom stereocenters. The first-order chi connectivity index (χ1) is 8.34. The van der Waals surface area contributed by atoms with Crippen molar-refractivity contribution in [2.75, 3.05) is 39.3 Å². The number of benzene rings is 1. The van der Waals surface area contributed by atoms with E-state index in [1.165, 1.54) is 11.1 Å². The van der Waals surface area contributed by atoms with E-state index in [2.05, 4.69) is 35.3 Å². The molecule has 0 amide bonds. The van der Waals surface area contributed by atoms with Crippen molar-refractivity contribution >= 4 is 0 Å². The molecule has 1 saturated heterocycles. The lowest BCUT2D eigenvalue weighted by Gasteiger charge is -2.29. The zero-order valence-corrected chi connectivity index (χ0v) is 10.4. The number of hydrogen-bond donors (Lipinski definition) is 1. The zero-order chi connectivity index (χ0) is 11.7. The van der Waals surface area contributed by atoms with Crippen LogP contribution in [0.3, 0.4) is 0 Å². The SMILES string of the molecule is Cc1cccc2c1C(CN1CCNCC1)CO2. The minimum absolute atomic E-state index is 0.560. The normalized spacial score (nSPS) is 24.4. The van der Waals surface area contributed by atoms with Crippen LogP contribution in [0.1, 0.15) is 17.0 Å². The molecule has 0 radical (unpaired) electrons. The lowest BCUT2D eigenvalue weighted by Crippen LogP contribution is -2.45. The third-order valence-electron chi connectivity index (χ3n) is 3.82. The Morgan fingerprint density at radius 1 is 1.35 bits per heavy atom. The van der Waals surface area contributed by atoms with Crippen LogP contribution in [0.4, 0.5) is 0 Å². The van der Waals surface area contributed by atoms with Crippen LogP contribution in [-0.2, 0) is 0 Å². The predicted octanol–water partition coefficient (Wildman–Crippen LogP) is 1.38. The third kappa shape index (κ3) is 2.17. The van der Waals surface area contributed by atoms with Gasteiger partial charge in [-0.25, -0.2) is 0 Å². The highest BCUT2D eigenvalue weighted by atomic mass is 16.5. The summed E-state index contributed by atoms with van der Waals surface area (Å²) in [4.78, 5) is 2.55. The van der Waals surface area contributed by atoms with Crippen LogP contribution in [0.15, 0.2) is 18.2 Å². The summed E-state index contributed by atoms with van der Waals surface area (Å²) in [6.07, 6.45) is 0. The van der Waals surface area contributed by atoms with E-state index in [-0.39, 0.29) is 0 Å². The molecule has 1 N–H and O–H groups in total. The third-order valence-corrected chi connectivity index (χ3v) is 3.82. The molecule has 1 unspecified atom stereocenters. The van der Waals surface area contributed by atoms with Crippen molar-refractivity contribution in [2.24, 2.45) is 0 Å². The molecule has 1 fully saturated rings. The second-order valence-electron chi connectivity index (χ2n) is 5.05. The summed E-state index contributed by atoms with van der Waals surface area (Å²) < 4.78 is 5.79. The molecule has 3 heteroatoms. The Bertz CT molecular complexity index is 399. The maximum atomic E-state index is 5.79. The van der Waals surface area contributed by atoms with Gasteiger partial charge in [-0.05, 0) is 18.6 Å². The van der Waals surface area contributed by atoms with Crippen molar-refractivity contribution in [2.45, 2.75) is 12.8 Å². The van der Waals surface area contributed by atoms with Gasteiger partial charge in [0.1, 0.15) is 5.75 Å². The average Bonchev–Trinajstić information content (AvgIpc) is 2.75. The molecule has 3 rings (SSSR count). The molecule has 0 saturated carbocycles. The summed E-state index contributed by atoms with van der Waals surface area (Å²) in [7, 11) is 0. The summed E-state index contributed by atoms with van der Waals surface area (Å²) >= 11 is 0.